The summed E-state index contributed by atoms with van der Waals surface area (Å²) in [7, 11) is 0. The van der Waals surface area contributed by atoms with Gasteiger partial charge in [-0.1, -0.05) is 24.6 Å². The zero-order valence-corrected chi connectivity index (χ0v) is 13.5. The zero-order valence-electron chi connectivity index (χ0n) is 13.5. The maximum Gasteiger partial charge on any atom is 0.274 e. The molecule has 1 aliphatic heterocycles. The van der Waals surface area contributed by atoms with Crippen LogP contribution in [0, 0.1) is 19.8 Å². The largest absolute Gasteiger partial charge is 0.337 e. The molecule has 1 aromatic heterocycles. The lowest BCUT2D eigenvalue weighted by Gasteiger charge is -2.30. The van der Waals surface area contributed by atoms with Crippen molar-refractivity contribution in [2.45, 2.75) is 33.6 Å². The van der Waals surface area contributed by atoms with Crippen LogP contribution in [0.3, 0.4) is 0 Å². The Hall–Kier alpha value is -2.10. The van der Waals surface area contributed by atoms with Crippen molar-refractivity contribution in [1.29, 1.82) is 0 Å². The monoisotopic (exact) mass is 297 g/mol. The summed E-state index contributed by atoms with van der Waals surface area (Å²) in [5.74, 6) is 0.637. The summed E-state index contributed by atoms with van der Waals surface area (Å²) in [5, 5.41) is 4.54. The molecular formula is C18H23N3O. The van der Waals surface area contributed by atoms with Crippen LogP contribution in [0.5, 0.6) is 0 Å². The van der Waals surface area contributed by atoms with Crippen molar-refractivity contribution in [2.75, 3.05) is 13.1 Å². The highest BCUT2D eigenvalue weighted by atomic mass is 16.2. The fourth-order valence-electron chi connectivity index (χ4n) is 3.06. The Balaban J connectivity index is 1.85. The highest BCUT2D eigenvalue weighted by Crippen LogP contribution is 2.19. The van der Waals surface area contributed by atoms with Crippen LogP contribution in [0.4, 0.5) is 0 Å². The molecule has 0 radical (unpaired) electrons. The van der Waals surface area contributed by atoms with E-state index < -0.39 is 0 Å². The van der Waals surface area contributed by atoms with Crippen LogP contribution in [0.1, 0.15) is 41.5 Å². The van der Waals surface area contributed by atoms with Crippen LogP contribution in [0.15, 0.2) is 30.3 Å². The van der Waals surface area contributed by atoms with Gasteiger partial charge < -0.3 is 4.90 Å². The van der Waals surface area contributed by atoms with E-state index >= 15 is 0 Å². The molecule has 116 valence electrons. The summed E-state index contributed by atoms with van der Waals surface area (Å²) in [6.07, 6.45) is 2.30. The van der Waals surface area contributed by atoms with E-state index in [2.05, 4.69) is 31.1 Å². The summed E-state index contributed by atoms with van der Waals surface area (Å²) in [4.78, 5) is 14.6. The molecule has 2 aromatic rings. The summed E-state index contributed by atoms with van der Waals surface area (Å²) in [5.41, 5.74) is 3.74. The lowest BCUT2D eigenvalue weighted by molar-refractivity contribution is 0.0676. The van der Waals surface area contributed by atoms with Gasteiger partial charge in [-0.25, -0.2) is 4.68 Å². The fraction of sp³-hybridized carbons (Fsp3) is 0.444. The first-order valence-electron chi connectivity index (χ1n) is 7.97. The highest BCUT2D eigenvalue weighted by Gasteiger charge is 2.24. The molecule has 1 atom stereocenters. The normalized spacial score (nSPS) is 18.5. The van der Waals surface area contributed by atoms with Gasteiger partial charge in [-0.15, -0.1) is 0 Å². The molecule has 0 spiro atoms. The van der Waals surface area contributed by atoms with Crippen LogP contribution >= 0.6 is 0 Å². The third kappa shape index (κ3) is 2.91. The number of hydrogen-bond donors (Lipinski definition) is 0. The van der Waals surface area contributed by atoms with Crippen LogP contribution in [0.2, 0.25) is 0 Å². The molecule has 0 aliphatic carbocycles. The first-order valence-corrected chi connectivity index (χ1v) is 7.97. The van der Waals surface area contributed by atoms with Gasteiger partial charge in [-0.2, -0.15) is 5.10 Å². The smallest absolute Gasteiger partial charge is 0.274 e. The van der Waals surface area contributed by atoms with E-state index in [1.807, 2.05) is 34.7 Å². The maximum atomic E-state index is 12.6. The average molecular weight is 297 g/mol. The Bertz CT molecular complexity index is 672. The molecule has 1 unspecified atom stereocenters. The Morgan fingerprint density at radius 3 is 2.64 bits per heavy atom. The Morgan fingerprint density at radius 1 is 1.23 bits per heavy atom. The quantitative estimate of drug-likeness (QED) is 0.852. The number of aryl methyl sites for hydroxylation is 2. The Labute approximate surface area is 131 Å². The second-order valence-electron chi connectivity index (χ2n) is 6.42. The van der Waals surface area contributed by atoms with E-state index in [1.54, 1.807) is 0 Å². The van der Waals surface area contributed by atoms with Crippen LogP contribution in [0.25, 0.3) is 5.69 Å². The van der Waals surface area contributed by atoms with E-state index in [1.165, 1.54) is 12.0 Å². The van der Waals surface area contributed by atoms with Crippen molar-refractivity contribution in [3.63, 3.8) is 0 Å². The number of piperidine rings is 1. The number of likely N-dealkylation sites (tertiary alicyclic amines) is 1. The van der Waals surface area contributed by atoms with E-state index in [4.69, 9.17) is 0 Å². The number of carbonyl (C=O) groups excluding carboxylic acids is 1. The number of carbonyl (C=O) groups is 1. The van der Waals surface area contributed by atoms with Gasteiger partial charge in [0.15, 0.2) is 5.69 Å². The Morgan fingerprint density at radius 2 is 1.95 bits per heavy atom. The molecule has 0 saturated carbocycles. The van der Waals surface area contributed by atoms with Crippen molar-refractivity contribution in [2.24, 2.45) is 5.92 Å². The molecule has 4 heteroatoms. The number of nitrogens with zero attached hydrogens (tertiary/aromatic N) is 3. The Kier molecular flexibility index (Phi) is 4.01. The van der Waals surface area contributed by atoms with Gasteiger partial charge in [0.05, 0.1) is 5.69 Å². The van der Waals surface area contributed by atoms with E-state index in [-0.39, 0.29) is 5.91 Å². The number of hydrogen-bond acceptors (Lipinski definition) is 2. The zero-order chi connectivity index (χ0) is 15.7. The molecule has 1 amide bonds. The first-order chi connectivity index (χ1) is 10.5. The van der Waals surface area contributed by atoms with Crippen LogP contribution in [-0.4, -0.2) is 33.7 Å². The van der Waals surface area contributed by atoms with Crippen molar-refractivity contribution >= 4 is 5.91 Å². The second-order valence-corrected chi connectivity index (χ2v) is 6.42. The van der Waals surface area contributed by atoms with Gasteiger partial charge >= 0.3 is 0 Å². The summed E-state index contributed by atoms with van der Waals surface area (Å²) >= 11 is 0. The summed E-state index contributed by atoms with van der Waals surface area (Å²) < 4.78 is 1.85. The predicted molar refractivity (Wildman–Crippen MR) is 87.3 cm³/mol. The molecule has 0 N–H and O–H groups in total. The minimum Gasteiger partial charge on any atom is -0.337 e. The number of rotatable bonds is 2. The van der Waals surface area contributed by atoms with Gasteiger partial charge in [-0.05, 0) is 50.8 Å². The molecule has 1 aromatic carbocycles. The molecule has 1 aliphatic rings. The molecule has 3 rings (SSSR count). The highest BCUT2D eigenvalue weighted by molar-refractivity contribution is 5.92. The van der Waals surface area contributed by atoms with Crippen LogP contribution < -0.4 is 0 Å². The third-order valence-electron chi connectivity index (χ3n) is 4.33. The third-order valence-corrected chi connectivity index (χ3v) is 4.33. The van der Waals surface area contributed by atoms with E-state index in [0.29, 0.717) is 11.6 Å². The van der Waals surface area contributed by atoms with Crippen molar-refractivity contribution in [3.05, 3.63) is 47.3 Å². The fourth-order valence-corrected chi connectivity index (χ4v) is 3.06. The SMILES string of the molecule is Cc1ccc(-n2nc(C(=O)N3CCCC(C)C3)cc2C)cc1. The summed E-state index contributed by atoms with van der Waals surface area (Å²) in [6, 6.07) is 10.1. The number of amides is 1. The molecule has 0 bridgehead atoms. The van der Waals surface area contributed by atoms with Gasteiger partial charge in [-0.3, -0.25) is 4.79 Å². The van der Waals surface area contributed by atoms with Gasteiger partial charge in [0.25, 0.3) is 5.91 Å². The minimum atomic E-state index is 0.0560. The van der Waals surface area contributed by atoms with E-state index in [0.717, 1.165) is 30.9 Å². The van der Waals surface area contributed by atoms with Gasteiger partial charge in [0, 0.05) is 18.8 Å². The van der Waals surface area contributed by atoms with Gasteiger partial charge in [0.1, 0.15) is 0 Å². The molecule has 22 heavy (non-hydrogen) atoms. The summed E-state index contributed by atoms with van der Waals surface area (Å²) in [6.45, 7) is 7.94. The lowest BCUT2D eigenvalue weighted by Crippen LogP contribution is -2.39. The number of aromatic nitrogens is 2. The standard InChI is InChI=1S/C18H23N3O/c1-13-6-8-16(9-7-13)21-15(3)11-17(19-21)18(22)20-10-4-5-14(2)12-20/h6-9,11,14H,4-5,10,12H2,1-3H3. The van der Waals surface area contributed by atoms with Crippen molar-refractivity contribution in [3.8, 4) is 5.69 Å². The molecular weight excluding hydrogens is 274 g/mol. The van der Waals surface area contributed by atoms with E-state index in [9.17, 15) is 4.79 Å². The van der Waals surface area contributed by atoms with Gasteiger partial charge in [0.2, 0.25) is 0 Å². The predicted octanol–water partition coefficient (Wildman–Crippen LogP) is 3.36. The van der Waals surface area contributed by atoms with Crippen LogP contribution in [-0.2, 0) is 0 Å². The lowest BCUT2D eigenvalue weighted by atomic mass is 10.00. The maximum absolute atomic E-state index is 12.6. The first kappa shape index (κ1) is 14.8. The van der Waals surface area contributed by atoms with Crippen molar-refractivity contribution < 1.29 is 4.79 Å². The topological polar surface area (TPSA) is 38.1 Å². The average Bonchev–Trinajstić information content (AvgIpc) is 2.89. The number of benzene rings is 1. The molecule has 4 nitrogen and oxygen atoms in total. The van der Waals surface area contributed by atoms with Crippen molar-refractivity contribution in [1.82, 2.24) is 14.7 Å². The minimum absolute atomic E-state index is 0.0560. The molecule has 2 heterocycles. The second kappa shape index (κ2) is 5.95. The molecule has 1 fully saturated rings. The molecule has 1 saturated heterocycles.